The van der Waals surface area contributed by atoms with Crippen LogP contribution in [0.5, 0.6) is 5.75 Å². The zero-order valence-electron chi connectivity index (χ0n) is 20.8. The number of rotatable bonds is 13. The minimum atomic E-state index is -0.390. The Morgan fingerprint density at radius 2 is 1.62 bits per heavy atom. The van der Waals surface area contributed by atoms with E-state index in [1.807, 2.05) is 37.3 Å². The highest BCUT2D eigenvalue weighted by Gasteiger charge is 2.10. The van der Waals surface area contributed by atoms with Crippen LogP contribution in [0.2, 0.25) is 5.02 Å². The summed E-state index contributed by atoms with van der Waals surface area (Å²) in [5, 5.41) is 18.1. The molecule has 5 N–H and O–H groups in total. The number of nitrogens with one attached hydrogen (secondary N) is 4. The molecule has 0 saturated carbocycles. The van der Waals surface area contributed by atoms with Crippen molar-refractivity contribution in [1.29, 1.82) is 0 Å². The number of anilines is 5. The van der Waals surface area contributed by atoms with Crippen molar-refractivity contribution in [2.45, 2.75) is 45.4 Å². The molecule has 0 unspecified atom stereocenters. The number of hydrogen-bond acceptors (Lipinski definition) is 8. The molecule has 3 aromatic rings. The molecule has 1 aromatic heterocycles. The Kier molecular flexibility index (Phi) is 10.5. The molecule has 0 aliphatic rings. The van der Waals surface area contributed by atoms with Crippen LogP contribution in [0.3, 0.4) is 0 Å². The van der Waals surface area contributed by atoms with Gasteiger partial charge in [0.15, 0.2) is 5.82 Å². The van der Waals surface area contributed by atoms with Gasteiger partial charge in [0.2, 0.25) is 17.8 Å². The van der Waals surface area contributed by atoms with Crippen LogP contribution < -0.4 is 26.2 Å². The first-order chi connectivity index (χ1) is 17.9. The number of carbonyl (C=O) groups excluding carboxylic acids is 2. The Morgan fingerprint density at radius 1 is 0.946 bits per heavy atom. The number of aryl methyl sites for hydroxylation is 1. The summed E-state index contributed by atoms with van der Waals surface area (Å²) >= 11 is 6.31. The van der Waals surface area contributed by atoms with E-state index in [0.29, 0.717) is 41.1 Å². The number of hydrogen-bond donors (Lipinski definition) is 5. The molecule has 0 spiro atoms. The Bertz CT molecular complexity index is 1210. The van der Waals surface area contributed by atoms with Crippen molar-refractivity contribution in [3.8, 4) is 5.75 Å². The number of methoxy groups -OCH3 is 1. The van der Waals surface area contributed by atoms with E-state index in [0.717, 1.165) is 36.2 Å². The third-order valence-corrected chi connectivity index (χ3v) is 5.83. The molecule has 0 aliphatic carbocycles. The summed E-state index contributed by atoms with van der Waals surface area (Å²) in [6, 6.07) is 12.9. The number of unbranched alkanes of at least 4 members (excludes halogenated alkanes) is 3. The van der Waals surface area contributed by atoms with E-state index >= 15 is 0 Å². The van der Waals surface area contributed by atoms with E-state index in [1.165, 1.54) is 6.20 Å². The molecule has 0 saturated heterocycles. The number of nitrogens with zero attached hydrogens (tertiary/aromatic N) is 2. The molecule has 2 amide bonds. The van der Waals surface area contributed by atoms with Crippen LogP contribution in [0.1, 0.15) is 44.1 Å². The van der Waals surface area contributed by atoms with E-state index in [1.54, 1.807) is 24.7 Å². The first-order valence-electron chi connectivity index (χ1n) is 11.9. The van der Waals surface area contributed by atoms with Crippen molar-refractivity contribution < 1.29 is 19.5 Å². The van der Waals surface area contributed by atoms with Crippen molar-refractivity contribution in [1.82, 2.24) is 15.4 Å². The van der Waals surface area contributed by atoms with Gasteiger partial charge in [-0.05, 0) is 55.7 Å². The van der Waals surface area contributed by atoms with E-state index < -0.39 is 5.91 Å². The average Bonchev–Trinajstić information content (AvgIpc) is 2.90. The minimum Gasteiger partial charge on any atom is -0.497 e. The Hall–Kier alpha value is -3.89. The highest BCUT2D eigenvalue weighted by atomic mass is 35.5. The lowest BCUT2D eigenvalue weighted by Crippen LogP contribution is -2.17. The number of halogens is 1. The fourth-order valence-corrected chi connectivity index (χ4v) is 3.61. The summed E-state index contributed by atoms with van der Waals surface area (Å²) in [6.07, 6.45) is 5.26. The molecule has 2 aromatic carbocycles. The summed E-state index contributed by atoms with van der Waals surface area (Å²) in [5.41, 5.74) is 4.87. The molecule has 0 fully saturated rings. The third-order valence-electron chi connectivity index (χ3n) is 5.55. The lowest BCUT2D eigenvalue weighted by molar-refractivity contribution is -0.129. The van der Waals surface area contributed by atoms with Gasteiger partial charge in [-0.2, -0.15) is 4.98 Å². The van der Waals surface area contributed by atoms with E-state index in [9.17, 15) is 9.59 Å². The molecule has 3 rings (SSSR count). The number of amides is 2. The Morgan fingerprint density at radius 3 is 2.30 bits per heavy atom. The molecule has 0 aliphatic heterocycles. The van der Waals surface area contributed by atoms with Crippen molar-refractivity contribution in [3.63, 3.8) is 0 Å². The minimum absolute atomic E-state index is 0.0709. The normalized spacial score (nSPS) is 10.5. The fourth-order valence-electron chi connectivity index (χ4n) is 3.48. The molecule has 1 heterocycles. The lowest BCUT2D eigenvalue weighted by atomic mass is 10.1. The maximum Gasteiger partial charge on any atom is 0.243 e. The lowest BCUT2D eigenvalue weighted by Gasteiger charge is -2.13. The molecule has 11 heteroatoms. The first-order valence-corrected chi connectivity index (χ1v) is 12.3. The number of carbonyl (C=O) groups is 2. The molecular weight excluding hydrogens is 496 g/mol. The maximum atomic E-state index is 12.2. The summed E-state index contributed by atoms with van der Waals surface area (Å²) in [5.74, 6) is 1.07. The number of aromatic nitrogens is 2. The van der Waals surface area contributed by atoms with Gasteiger partial charge in [0.1, 0.15) is 10.8 Å². The van der Waals surface area contributed by atoms with Gasteiger partial charge >= 0.3 is 0 Å². The number of benzene rings is 2. The predicted octanol–water partition coefficient (Wildman–Crippen LogP) is 5.72. The van der Waals surface area contributed by atoms with Crippen LogP contribution >= 0.6 is 11.6 Å². The number of ether oxygens (including phenoxy) is 1. The predicted molar refractivity (Wildman–Crippen MR) is 144 cm³/mol. The molecule has 0 atom stereocenters. The molecule has 0 radical (unpaired) electrons. The van der Waals surface area contributed by atoms with Crippen LogP contribution in [0.15, 0.2) is 48.7 Å². The van der Waals surface area contributed by atoms with Crippen molar-refractivity contribution in [2.24, 2.45) is 0 Å². The molecular formula is C26H31ClN6O4. The van der Waals surface area contributed by atoms with Crippen LogP contribution in [0.25, 0.3) is 0 Å². The highest BCUT2D eigenvalue weighted by Crippen LogP contribution is 2.29. The summed E-state index contributed by atoms with van der Waals surface area (Å²) in [6.45, 7) is 1.97. The van der Waals surface area contributed by atoms with Gasteiger partial charge in [-0.3, -0.25) is 14.8 Å². The van der Waals surface area contributed by atoms with Gasteiger partial charge in [-0.15, -0.1) is 0 Å². The van der Waals surface area contributed by atoms with Crippen LogP contribution in [-0.2, 0) is 9.59 Å². The van der Waals surface area contributed by atoms with E-state index in [4.69, 9.17) is 21.5 Å². The van der Waals surface area contributed by atoms with Gasteiger partial charge in [0, 0.05) is 36.0 Å². The second-order valence-corrected chi connectivity index (χ2v) is 8.80. The van der Waals surface area contributed by atoms with Crippen LogP contribution in [-0.4, -0.2) is 34.1 Å². The van der Waals surface area contributed by atoms with Crippen molar-refractivity contribution >= 4 is 52.2 Å². The van der Waals surface area contributed by atoms with Gasteiger partial charge < -0.3 is 20.7 Å². The zero-order chi connectivity index (χ0) is 26.6. The van der Waals surface area contributed by atoms with Crippen molar-refractivity contribution in [3.05, 3.63) is 59.2 Å². The topological polar surface area (TPSA) is 138 Å². The fraction of sp³-hybridized carbons (Fsp3) is 0.308. The van der Waals surface area contributed by atoms with E-state index in [2.05, 4.69) is 25.9 Å². The van der Waals surface area contributed by atoms with Gasteiger partial charge in [0.05, 0.1) is 13.3 Å². The summed E-state index contributed by atoms with van der Waals surface area (Å²) in [4.78, 5) is 31.9. The van der Waals surface area contributed by atoms with Gasteiger partial charge in [0.25, 0.3) is 0 Å². The maximum absolute atomic E-state index is 12.2. The van der Waals surface area contributed by atoms with Crippen LogP contribution in [0, 0.1) is 6.92 Å². The Labute approximate surface area is 220 Å². The smallest absolute Gasteiger partial charge is 0.243 e. The van der Waals surface area contributed by atoms with Crippen LogP contribution in [0.4, 0.5) is 28.8 Å². The van der Waals surface area contributed by atoms with E-state index in [-0.39, 0.29) is 12.3 Å². The standard InChI is InChI=1S/C26H31ClN6O4/c1-17-9-14-20(37-2)15-22(17)31-25-21(27)16-28-26(32-25)30-19-12-10-18(11-13-19)29-23(34)7-5-3-4-6-8-24(35)33-36/h9-16,36H,3-8H2,1-2H3,(H,29,34)(H,33,35)(H2,28,30,31,32). The number of hydroxylamine groups is 1. The molecule has 37 heavy (non-hydrogen) atoms. The summed E-state index contributed by atoms with van der Waals surface area (Å²) < 4.78 is 5.29. The van der Waals surface area contributed by atoms with Gasteiger partial charge in [-0.25, -0.2) is 10.5 Å². The third kappa shape index (κ3) is 8.93. The molecule has 196 valence electrons. The van der Waals surface area contributed by atoms with Gasteiger partial charge in [-0.1, -0.05) is 30.5 Å². The quantitative estimate of drug-likeness (QED) is 0.108. The second-order valence-electron chi connectivity index (χ2n) is 8.40. The SMILES string of the molecule is COc1ccc(C)c(Nc2nc(Nc3ccc(NC(=O)CCCCCCC(=O)NO)cc3)ncc2Cl)c1. The summed E-state index contributed by atoms with van der Waals surface area (Å²) in [7, 11) is 1.61. The first kappa shape index (κ1) is 27.7. The zero-order valence-corrected chi connectivity index (χ0v) is 21.6. The monoisotopic (exact) mass is 526 g/mol. The largest absolute Gasteiger partial charge is 0.497 e. The molecule has 0 bridgehead atoms. The highest BCUT2D eigenvalue weighted by molar-refractivity contribution is 6.32. The average molecular weight is 527 g/mol. The Balaban J connectivity index is 1.50. The van der Waals surface area contributed by atoms with Crippen molar-refractivity contribution in [2.75, 3.05) is 23.1 Å². The molecule has 10 nitrogen and oxygen atoms in total. The second kappa shape index (κ2) is 14.0.